The van der Waals surface area contributed by atoms with Gasteiger partial charge < -0.3 is 50.4 Å². The fourth-order valence-corrected chi connectivity index (χ4v) is 7.13. The van der Waals surface area contributed by atoms with Crippen LogP contribution in [0.2, 0.25) is 0 Å². The lowest BCUT2D eigenvalue weighted by atomic mass is 9.53. The van der Waals surface area contributed by atoms with E-state index in [1.54, 1.807) is 19.1 Å². The van der Waals surface area contributed by atoms with Gasteiger partial charge in [-0.15, -0.1) is 0 Å². The third-order valence-electron chi connectivity index (χ3n) is 9.95. The van der Waals surface area contributed by atoms with Gasteiger partial charge in [0, 0.05) is 23.6 Å². The summed E-state index contributed by atoms with van der Waals surface area (Å²) >= 11 is 0. The van der Waals surface area contributed by atoms with Crippen LogP contribution in [0.15, 0.2) is 24.0 Å². The number of fused-ring (bicyclic) bond motifs is 1. The summed E-state index contributed by atoms with van der Waals surface area (Å²) in [5.41, 5.74) is -1.13. The van der Waals surface area contributed by atoms with Crippen LogP contribution in [-0.2, 0) is 55.1 Å². The molecule has 18 nitrogen and oxygen atoms in total. The van der Waals surface area contributed by atoms with Gasteiger partial charge >= 0.3 is 30.1 Å². The molecule has 318 valence electrons. The number of aryl methyl sites for hydroxylation is 1. The molecule has 8 atom stereocenters. The number of hydrogen-bond acceptors (Lipinski definition) is 14. The number of piperidine rings is 1. The SMILES string of the molecule is C.Cc1ccc(CO)c2c1[C@]13CCN(C)[C@H](C)[C@]1(OC(=O)C[C@H](NC(=O)[C@H](C)O)C(=O)O)CC=C(OC(=O)C[C@H](NC(=O)[C@H](C)O)C(=O)O)[C@@H]3O2.O=CC(F)(F)F. The molecule has 4 rings (SSSR count). The highest BCUT2D eigenvalue weighted by molar-refractivity contribution is 5.90. The predicted octanol–water partition coefficient (Wildman–Crippen LogP) is 0.387. The number of aliphatic hydroxyl groups excluding tert-OH is 3. The van der Waals surface area contributed by atoms with E-state index in [9.17, 15) is 67.5 Å². The zero-order valence-corrected chi connectivity index (χ0v) is 30.9. The number of rotatable bonds is 13. The first-order valence-electron chi connectivity index (χ1n) is 17.1. The van der Waals surface area contributed by atoms with E-state index >= 15 is 0 Å². The maximum Gasteiger partial charge on any atom is 0.446 e. The van der Waals surface area contributed by atoms with Crippen molar-refractivity contribution >= 4 is 42.0 Å². The molecule has 1 fully saturated rings. The molecule has 1 saturated heterocycles. The van der Waals surface area contributed by atoms with Gasteiger partial charge in [-0.2, -0.15) is 13.2 Å². The fourth-order valence-electron chi connectivity index (χ4n) is 7.13. The molecule has 2 amide bonds. The molecule has 1 aromatic carbocycles. The van der Waals surface area contributed by atoms with Crippen molar-refractivity contribution in [3.63, 3.8) is 0 Å². The molecular weight excluding hydrogens is 771 g/mol. The molecule has 0 aromatic heterocycles. The van der Waals surface area contributed by atoms with Crippen molar-refractivity contribution in [1.82, 2.24) is 15.5 Å². The minimum atomic E-state index is -4.64. The molecular formula is C36H48F3N3O15. The molecule has 3 aliphatic rings. The summed E-state index contributed by atoms with van der Waals surface area (Å²) in [6.07, 6.45) is -9.91. The van der Waals surface area contributed by atoms with Gasteiger partial charge in [-0.25, -0.2) is 9.59 Å². The van der Waals surface area contributed by atoms with E-state index in [1.165, 1.54) is 6.08 Å². The van der Waals surface area contributed by atoms with Crippen LogP contribution in [0, 0.1) is 6.92 Å². The summed E-state index contributed by atoms with van der Waals surface area (Å²) in [4.78, 5) is 85.6. The van der Waals surface area contributed by atoms with Crippen LogP contribution in [0.1, 0.15) is 70.6 Å². The Hall–Kier alpha value is -5.12. The number of carbonyl (C=O) groups is 7. The minimum Gasteiger partial charge on any atom is -0.481 e. The lowest BCUT2D eigenvalue weighted by Crippen LogP contribution is -2.73. The molecule has 21 heteroatoms. The Kier molecular flexibility index (Phi) is 15.9. The van der Waals surface area contributed by atoms with E-state index in [1.807, 2.05) is 18.9 Å². The number of benzene rings is 1. The number of nitrogens with one attached hydrogen (secondary N) is 2. The van der Waals surface area contributed by atoms with Crippen LogP contribution in [0.3, 0.4) is 0 Å². The average molecular weight is 820 g/mol. The Morgan fingerprint density at radius 2 is 1.51 bits per heavy atom. The van der Waals surface area contributed by atoms with Crippen LogP contribution in [0.5, 0.6) is 5.75 Å². The highest BCUT2D eigenvalue weighted by atomic mass is 19.4. The molecule has 1 spiro atoms. The number of halogens is 3. The van der Waals surface area contributed by atoms with Crippen LogP contribution in [0.4, 0.5) is 13.2 Å². The van der Waals surface area contributed by atoms with Gasteiger partial charge in [0.05, 0.1) is 24.9 Å². The summed E-state index contributed by atoms with van der Waals surface area (Å²) in [6, 6.07) is -0.600. The Labute approximate surface area is 324 Å². The first-order chi connectivity index (χ1) is 26.0. The molecule has 0 saturated carbocycles. The summed E-state index contributed by atoms with van der Waals surface area (Å²) in [6.45, 7) is 5.88. The van der Waals surface area contributed by atoms with Crippen LogP contribution in [-0.4, -0.2) is 134 Å². The molecule has 2 aliphatic heterocycles. The number of alkyl halides is 3. The Bertz CT molecular complexity index is 1750. The van der Waals surface area contributed by atoms with Gasteiger partial charge in [-0.1, -0.05) is 19.6 Å². The molecule has 0 unspecified atom stereocenters. The van der Waals surface area contributed by atoms with Crippen LogP contribution in [0.25, 0.3) is 0 Å². The number of aliphatic hydroxyl groups is 3. The van der Waals surface area contributed by atoms with Crippen molar-refractivity contribution in [1.29, 1.82) is 0 Å². The van der Waals surface area contributed by atoms with E-state index in [4.69, 9.17) is 19.0 Å². The Balaban J connectivity index is 0.00000148. The smallest absolute Gasteiger partial charge is 0.446 e. The summed E-state index contributed by atoms with van der Waals surface area (Å²) in [7, 11) is 1.81. The molecule has 1 aromatic rings. The number of esters is 2. The Morgan fingerprint density at radius 1 is 1.00 bits per heavy atom. The van der Waals surface area contributed by atoms with Crippen molar-refractivity contribution in [2.45, 2.75) is 121 Å². The zero-order chi connectivity index (χ0) is 42.5. The highest BCUT2D eigenvalue weighted by Gasteiger charge is 2.71. The molecule has 0 radical (unpaired) electrons. The highest BCUT2D eigenvalue weighted by Crippen LogP contribution is 2.63. The number of nitrogens with zero attached hydrogens (tertiary/aromatic N) is 1. The standard InChI is InChI=1S/C33H43N3O14.C2HF3O.CH4/c1-15-6-7-19(14-37)26-25(15)32-10-11-36(5)18(4)33(32,50-24(41)13-21(31(46)47)35-29(43)17(3)39)9-8-22(27(32)49-26)48-23(40)12-20(30(44)45)34-28(42)16(2)38;3-2(4,5)1-6;/h6-8,16-18,20-21,27,37-39H,9-14H2,1-5H3,(H,34,42)(H,35,43)(H,44,45)(H,46,47);1H;1H4/t16-,17-,18+,20-,21-,27-,32-,33+;;/m0../s1. The summed E-state index contributed by atoms with van der Waals surface area (Å²) < 4.78 is 49.9. The normalized spacial score (nSPS) is 24.2. The largest absolute Gasteiger partial charge is 0.481 e. The second-order valence-electron chi connectivity index (χ2n) is 13.6. The number of hydrogen-bond donors (Lipinski definition) is 7. The number of carboxylic acids is 2. The quantitative estimate of drug-likeness (QED) is 0.105. The van der Waals surface area contributed by atoms with Crippen LogP contribution >= 0.6 is 0 Å². The van der Waals surface area contributed by atoms with Gasteiger partial charge in [0.2, 0.25) is 18.1 Å². The number of aliphatic carboxylic acids is 2. The summed E-state index contributed by atoms with van der Waals surface area (Å²) in [5, 5.41) is 53.0. The van der Waals surface area contributed by atoms with E-state index in [0.717, 1.165) is 13.8 Å². The van der Waals surface area contributed by atoms with Crippen molar-refractivity contribution in [3.05, 3.63) is 40.7 Å². The fraction of sp³-hybridized carbons (Fsp3) is 0.583. The molecule has 0 bridgehead atoms. The Morgan fingerprint density at radius 3 is 1.96 bits per heavy atom. The second kappa shape index (κ2) is 18.9. The number of likely N-dealkylation sites (tertiary alicyclic amines) is 1. The minimum absolute atomic E-state index is 0. The van der Waals surface area contributed by atoms with Gasteiger partial charge in [0.15, 0.2) is 6.10 Å². The number of likely N-dealkylation sites (N-methyl/N-ethyl adjacent to an activating group) is 1. The average Bonchev–Trinajstić information content (AvgIpc) is 3.47. The zero-order valence-electron chi connectivity index (χ0n) is 30.9. The number of amides is 2. The van der Waals surface area contributed by atoms with Crippen LogP contribution < -0.4 is 15.4 Å². The molecule has 7 N–H and O–H groups in total. The lowest BCUT2D eigenvalue weighted by molar-refractivity contribution is -0.202. The van der Waals surface area contributed by atoms with Gasteiger partial charge in [0.1, 0.15) is 41.4 Å². The van der Waals surface area contributed by atoms with E-state index in [2.05, 4.69) is 10.6 Å². The maximum atomic E-state index is 13.8. The van der Waals surface area contributed by atoms with Crippen molar-refractivity contribution in [3.8, 4) is 5.75 Å². The maximum absolute atomic E-state index is 13.8. The molecule has 2 heterocycles. The first-order valence-corrected chi connectivity index (χ1v) is 17.1. The second-order valence-corrected chi connectivity index (χ2v) is 13.6. The monoisotopic (exact) mass is 819 g/mol. The summed E-state index contributed by atoms with van der Waals surface area (Å²) in [5.74, 6) is -6.88. The predicted molar refractivity (Wildman–Crippen MR) is 188 cm³/mol. The topological polar surface area (TPSA) is 276 Å². The van der Waals surface area contributed by atoms with Gasteiger partial charge in [0.25, 0.3) is 0 Å². The van der Waals surface area contributed by atoms with Gasteiger partial charge in [-0.05, 0) is 59.3 Å². The number of ether oxygens (including phenoxy) is 3. The van der Waals surface area contributed by atoms with E-state index < -0.39 is 115 Å². The number of carbonyl (C=O) groups excluding carboxylic acids is 5. The van der Waals surface area contributed by atoms with Crippen molar-refractivity contribution in [2.75, 3.05) is 13.6 Å². The van der Waals surface area contributed by atoms with Gasteiger partial charge in [-0.3, -0.25) is 28.9 Å². The molecule has 57 heavy (non-hydrogen) atoms. The third kappa shape index (κ3) is 10.3. The first kappa shape index (κ1) is 48.0. The van der Waals surface area contributed by atoms with Crippen molar-refractivity contribution in [2.24, 2.45) is 0 Å². The number of aldehydes is 1. The van der Waals surface area contributed by atoms with Crippen molar-refractivity contribution < 1.29 is 86.5 Å². The van der Waals surface area contributed by atoms with E-state index in [0.29, 0.717) is 23.2 Å². The lowest BCUT2D eigenvalue weighted by Gasteiger charge is -2.59. The number of carboxylic acid groups (broad SMARTS) is 2. The molecule has 1 aliphatic carbocycles. The third-order valence-corrected chi connectivity index (χ3v) is 9.95. The van der Waals surface area contributed by atoms with E-state index in [-0.39, 0.29) is 31.8 Å².